The molecule has 2 aliphatic rings. The molecule has 3 N–H and O–H groups in total. The molecule has 4 nitrogen and oxygen atoms in total. The van der Waals surface area contributed by atoms with Gasteiger partial charge in [0.05, 0.1) is 6.10 Å². The molecule has 3 atom stereocenters. The summed E-state index contributed by atoms with van der Waals surface area (Å²) in [5.74, 6) is 0.771. The second kappa shape index (κ2) is 6.01. The topological polar surface area (TPSA) is 47.5 Å². The van der Waals surface area contributed by atoms with Crippen molar-refractivity contribution in [3.63, 3.8) is 0 Å². The van der Waals surface area contributed by atoms with Crippen LogP contribution >= 0.6 is 12.4 Å². The van der Waals surface area contributed by atoms with E-state index in [0.717, 1.165) is 38.6 Å². The van der Waals surface area contributed by atoms with Crippen LogP contribution in [0.25, 0.3) is 0 Å². The van der Waals surface area contributed by atoms with Crippen LogP contribution in [0.15, 0.2) is 0 Å². The summed E-state index contributed by atoms with van der Waals surface area (Å²) in [6, 6.07) is 0.315. The third-order valence-corrected chi connectivity index (χ3v) is 3.43. The van der Waals surface area contributed by atoms with E-state index in [1.165, 1.54) is 6.42 Å². The molecule has 2 rings (SSSR count). The highest BCUT2D eigenvalue weighted by molar-refractivity contribution is 5.85. The number of halogens is 1. The Kier molecular flexibility index (Phi) is 5.29. The van der Waals surface area contributed by atoms with E-state index in [2.05, 4.69) is 22.6 Å². The van der Waals surface area contributed by atoms with Crippen molar-refractivity contribution in [3.8, 4) is 0 Å². The lowest BCUT2D eigenvalue weighted by molar-refractivity contribution is 0.0913. The van der Waals surface area contributed by atoms with Crippen molar-refractivity contribution in [1.29, 1.82) is 0 Å². The smallest absolute Gasteiger partial charge is 0.0831 e. The van der Waals surface area contributed by atoms with Gasteiger partial charge >= 0.3 is 0 Å². The Bertz CT molecular complexity index is 188. The predicted molar refractivity (Wildman–Crippen MR) is 63.5 cm³/mol. The van der Waals surface area contributed by atoms with Gasteiger partial charge in [0, 0.05) is 25.7 Å². The average Bonchev–Trinajstić information content (AvgIpc) is 2.75. The third-order valence-electron chi connectivity index (χ3n) is 3.43. The van der Waals surface area contributed by atoms with Crippen molar-refractivity contribution < 1.29 is 5.11 Å². The van der Waals surface area contributed by atoms with Crippen LogP contribution in [0, 0.1) is 5.92 Å². The predicted octanol–water partition coefficient (Wildman–Crippen LogP) is -0.718. The normalized spacial score (nSPS) is 35.8. The quantitative estimate of drug-likeness (QED) is 0.605. The Morgan fingerprint density at radius 1 is 1.27 bits per heavy atom. The minimum atomic E-state index is -0.186. The van der Waals surface area contributed by atoms with Gasteiger partial charge in [-0.05, 0) is 32.5 Å². The van der Waals surface area contributed by atoms with Gasteiger partial charge in [-0.1, -0.05) is 0 Å². The van der Waals surface area contributed by atoms with Crippen molar-refractivity contribution in [2.45, 2.75) is 18.6 Å². The third kappa shape index (κ3) is 3.29. The summed E-state index contributed by atoms with van der Waals surface area (Å²) < 4.78 is 0. The van der Waals surface area contributed by atoms with Crippen molar-refractivity contribution in [3.05, 3.63) is 0 Å². The highest BCUT2D eigenvalue weighted by atomic mass is 35.5. The monoisotopic (exact) mass is 235 g/mol. The molecule has 0 saturated carbocycles. The molecule has 90 valence electrons. The zero-order valence-electron chi connectivity index (χ0n) is 9.28. The first-order valence-electron chi connectivity index (χ1n) is 5.57. The molecule has 1 unspecified atom stereocenters. The van der Waals surface area contributed by atoms with Crippen LogP contribution in [-0.2, 0) is 0 Å². The van der Waals surface area contributed by atoms with Gasteiger partial charge in [-0.15, -0.1) is 12.4 Å². The number of nitrogens with zero attached hydrogens (tertiary/aromatic N) is 1. The molecule has 0 amide bonds. The molecule has 0 radical (unpaired) electrons. The molecule has 0 aromatic heterocycles. The summed E-state index contributed by atoms with van der Waals surface area (Å²) in [6.07, 6.45) is 1.09. The molecule has 0 aromatic carbocycles. The highest BCUT2D eigenvalue weighted by Crippen LogP contribution is 2.13. The van der Waals surface area contributed by atoms with Gasteiger partial charge in [0.15, 0.2) is 0 Å². The maximum atomic E-state index is 9.71. The van der Waals surface area contributed by atoms with Crippen molar-refractivity contribution in [2.24, 2.45) is 5.92 Å². The van der Waals surface area contributed by atoms with Crippen LogP contribution in [0.2, 0.25) is 0 Å². The van der Waals surface area contributed by atoms with Crippen LogP contribution < -0.4 is 10.6 Å². The van der Waals surface area contributed by atoms with E-state index >= 15 is 0 Å². The summed E-state index contributed by atoms with van der Waals surface area (Å²) >= 11 is 0. The summed E-state index contributed by atoms with van der Waals surface area (Å²) in [7, 11) is 2.12. The molecule has 5 heteroatoms. The molecule has 2 saturated heterocycles. The van der Waals surface area contributed by atoms with E-state index in [9.17, 15) is 5.11 Å². The van der Waals surface area contributed by atoms with E-state index < -0.39 is 0 Å². The number of aliphatic hydroxyl groups is 1. The molecular formula is C10H22ClN3O. The van der Waals surface area contributed by atoms with Gasteiger partial charge in [0.2, 0.25) is 0 Å². The number of rotatable bonds is 3. The molecule has 2 heterocycles. The van der Waals surface area contributed by atoms with E-state index in [4.69, 9.17) is 0 Å². The van der Waals surface area contributed by atoms with E-state index in [1.807, 2.05) is 0 Å². The maximum Gasteiger partial charge on any atom is 0.0831 e. The van der Waals surface area contributed by atoms with E-state index in [-0.39, 0.29) is 18.5 Å². The number of nitrogens with one attached hydrogen (secondary N) is 2. The van der Waals surface area contributed by atoms with Crippen molar-refractivity contribution in [2.75, 3.05) is 39.8 Å². The van der Waals surface area contributed by atoms with Gasteiger partial charge in [0.1, 0.15) is 0 Å². The molecule has 2 fully saturated rings. The summed E-state index contributed by atoms with van der Waals surface area (Å²) in [4.78, 5) is 2.31. The molecule has 0 spiro atoms. The van der Waals surface area contributed by atoms with E-state index in [1.54, 1.807) is 0 Å². The second-order valence-corrected chi connectivity index (χ2v) is 4.59. The number of likely N-dealkylation sites (N-methyl/N-ethyl adjacent to an activating group) is 1. The van der Waals surface area contributed by atoms with Gasteiger partial charge in [0.25, 0.3) is 0 Å². The SMILES string of the molecule is CN(CC1CCNC1)[C@@H]1CNC[C@H]1O.Cl. The molecule has 0 aromatic rings. The Hall–Kier alpha value is 0.130. The summed E-state index contributed by atoms with van der Waals surface area (Å²) in [5.41, 5.74) is 0. The van der Waals surface area contributed by atoms with Crippen LogP contribution in [-0.4, -0.2) is 61.9 Å². The lowest BCUT2D eigenvalue weighted by Crippen LogP contribution is -2.43. The second-order valence-electron chi connectivity index (χ2n) is 4.59. The molecular weight excluding hydrogens is 214 g/mol. The fourth-order valence-electron chi connectivity index (χ4n) is 2.51. The van der Waals surface area contributed by atoms with Crippen LogP contribution in [0.4, 0.5) is 0 Å². The Morgan fingerprint density at radius 3 is 2.60 bits per heavy atom. The number of aliphatic hydroxyl groups excluding tert-OH is 1. The van der Waals surface area contributed by atoms with Crippen molar-refractivity contribution >= 4 is 12.4 Å². The first-order valence-corrected chi connectivity index (χ1v) is 5.57. The highest BCUT2D eigenvalue weighted by Gasteiger charge is 2.29. The zero-order valence-corrected chi connectivity index (χ0v) is 10.1. The Labute approximate surface area is 97.8 Å². The summed E-state index contributed by atoms with van der Waals surface area (Å²) in [6.45, 7) is 5.08. The molecule has 2 aliphatic heterocycles. The van der Waals surface area contributed by atoms with Crippen LogP contribution in [0.1, 0.15) is 6.42 Å². The first-order chi connectivity index (χ1) is 6.77. The van der Waals surface area contributed by atoms with Gasteiger partial charge in [-0.25, -0.2) is 0 Å². The Balaban J connectivity index is 0.00000112. The van der Waals surface area contributed by atoms with Gasteiger partial charge in [-0.3, -0.25) is 4.90 Å². The largest absolute Gasteiger partial charge is 0.390 e. The maximum absolute atomic E-state index is 9.71. The number of hydrogen-bond acceptors (Lipinski definition) is 4. The zero-order chi connectivity index (χ0) is 9.97. The molecule has 15 heavy (non-hydrogen) atoms. The van der Waals surface area contributed by atoms with Crippen LogP contribution in [0.5, 0.6) is 0 Å². The van der Waals surface area contributed by atoms with Gasteiger partial charge in [-0.2, -0.15) is 0 Å². The standard InChI is InChI=1S/C10H21N3O.ClH/c1-13(7-8-2-3-11-4-8)9-5-12-6-10(9)14;/h8-12,14H,2-7H2,1H3;1H/t8?,9-,10-;/m1./s1. The van der Waals surface area contributed by atoms with Gasteiger partial charge < -0.3 is 15.7 Å². The molecule has 0 aliphatic carbocycles. The average molecular weight is 236 g/mol. The minimum absolute atomic E-state index is 0. The lowest BCUT2D eigenvalue weighted by Gasteiger charge is -2.28. The van der Waals surface area contributed by atoms with E-state index in [0.29, 0.717) is 6.04 Å². The lowest BCUT2D eigenvalue weighted by atomic mass is 10.1. The minimum Gasteiger partial charge on any atom is -0.390 e. The summed E-state index contributed by atoms with van der Waals surface area (Å²) in [5, 5.41) is 16.3. The first kappa shape index (κ1) is 13.2. The number of hydrogen-bond donors (Lipinski definition) is 3. The molecule has 0 bridgehead atoms. The fourth-order valence-corrected chi connectivity index (χ4v) is 2.51. The van der Waals surface area contributed by atoms with Crippen molar-refractivity contribution in [1.82, 2.24) is 15.5 Å². The number of β-amino-alcohol motifs (C(OH)–C–C–N with tert-alkyl or cyclic N) is 1. The Morgan fingerprint density at radius 2 is 2.07 bits per heavy atom. The van der Waals surface area contributed by atoms with Crippen LogP contribution in [0.3, 0.4) is 0 Å². The fraction of sp³-hybridized carbons (Fsp3) is 1.00.